The number of para-hydroxylation sites is 1. The molecule has 7 nitrogen and oxygen atoms in total. The predicted molar refractivity (Wildman–Crippen MR) is 129 cm³/mol. The Morgan fingerprint density at radius 2 is 1.76 bits per heavy atom. The van der Waals surface area contributed by atoms with E-state index in [1.54, 1.807) is 21.3 Å². The van der Waals surface area contributed by atoms with E-state index in [2.05, 4.69) is 24.2 Å². The molecule has 0 saturated heterocycles. The summed E-state index contributed by atoms with van der Waals surface area (Å²) in [4.78, 5) is 20.4. The fraction of sp³-hybridized carbons (Fsp3) is 0.385. The van der Waals surface area contributed by atoms with Gasteiger partial charge in [0.15, 0.2) is 11.5 Å². The van der Waals surface area contributed by atoms with E-state index in [1.165, 1.54) is 12.8 Å². The number of aromatic nitrogens is 1. The minimum absolute atomic E-state index is 0.113. The van der Waals surface area contributed by atoms with E-state index in [1.807, 2.05) is 42.5 Å². The fourth-order valence-electron chi connectivity index (χ4n) is 4.06. The summed E-state index contributed by atoms with van der Waals surface area (Å²) >= 11 is 0. The highest BCUT2D eigenvalue weighted by atomic mass is 16.5. The quantitative estimate of drug-likeness (QED) is 0.529. The van der Waals surface area contributed by atoms with Gasteiger partial charge in [-0.25, -0.2) is 4.98 Å². The van der Waals surface area contributed by atoms with Crippen LogP contribution < -0.4 is 19.5 Å². The molecule has 1 heterocycles. The lowest BCUT2D eigenvalue weighted by atomic mass is 10.0. The maximum Gasteiger partial charge on any atom is 0.252 e. The topological polar surface area (TPSA) is 72.9 Å². The second kappa shape index (κ2) is 9.67. The first-order chi connectivity index (χ1) is 16.0. The van der Waals surface area contributed by atoms with Crippen molar-refractivity contribution >= 4 is 16.8 Å². The Hall–Kier alpha value is -3.32. The number of fused-ring (bicyclic) bond motifs is 1. The van der Waals surface area contributed by atoms with Crippen LogP contribution in [0.3, 0.4) is 0 Å². The molecule has 3 aromatic rings. The van der Waals surface area contributed by atoms with E-state index >= 15 is 0 Å². The van der Waals surface area contributed by atoms with Crippen molar-refractivity contribution in [2.45, 2.75) is 31.8 Å². The van der Waals surface area contributed by atoms with Crippen LogP contribution >= 0.6 is 0 Å². The maximum atomic E-state index is 13.3. The second-order valence-electron chi connectivity index (χ2n) is 8.44. The van der Waals surface area contributed by atoms with Crippen LogP contribution in [0.2, 0.25) is 0 Å². The van der Waals surface area contributed by atoms with Gasteiger partial charge in [-0.15, -0.1) is 0 Å². The number of nitrogens with zero attached hydrogens (tertiary/aromatic N) is 2. The minimum atomic E-state index is -0.113. The molecule has 1 aromatic heterocycles. The zero-order valence-electron chi connectivity index (χ0n) is 19.8. The molecular formula is C26H31N3O4. The summed E-state index contributed by atoms with van der Waals surface area (Å²) in [5.41, 5.74) is 2.76. The van der Waals surface area contributed by atoms with Gasteiger partial charge in [-0.2, -0.15) is 0 Å². The summed E-state index contributed by atoms with van der Waals surface area (Å²) in [7, 11) is 6.85. The molecule has 0 aliphatic heterocycles. The molecule has 4 rings (SSSR count). The fourth-order valence-corrected chi connectivity index (χ4v) is 4.06. The standard InChI is InChI=1S/C26H31N3O4/c1-16(29(2)18-10-11-18)15-27-26(30)20-14-22(28-21-9-7-6-8-19(20)21)17-12-23(31-3)25(33-5)24(13-17)32-4/h6-9,12-14,16,18H,10-11,15H2,1-5H3,(H,27,30). The number of likely N-dealkylation sites (N-methyl/N-ethyl adjacent to an activating group) is 1. The molecule has 33 heavy (non-hydrogen) atoms. The van der Waals surface area contributed by atoms with Gasteiger partial charge < -0.3 is 19.5 Å². The average molecular weight is 450 g/mol. The van der Waals surface area contributed by atoms with Crippen molar-refractivity contribution in [2.24, 2.45) is 0 Å². The number of pyridine rings is 1. The smallest absolute Gasteiger partial charge is 0.252 e. The number of nitrogens with one attached hydrogen (secondary N) is 1. The van der Waals surface area contributed by atoms with Gasteiger partial charge in [-0.3, -0.25) is 9.69 Å². The lowest BCUT2D eigenvalue weighted by Gasteiger charge is -2.24. The van der Waals surface area contributed by atoms with E-state index in [0.717, 1.165) is 16.5 Å². The van der Waals surface area contributed by atoms with E-state index in [4.69, 9.17) is 19.2 Å². The molecule has 1 atom stereocenters. The van der Waals surface area contributed by atoms with Crippen molar-refractivity contribution in [1.29, 1.82) is 0 Å². The second-order valence-corrected chi connectivity index (χ2v) is 8.44. The maximum absolute atomic E-state index is 13.3. The molecule has 0 spiro atoms. The van der Waals surface area contributed by atoms with E-state index in [0.29, 0.717) is 41.1 Å². The summed E-state index contributed by atoms with van der Waals surface area (Å²) in [5.74, 6) is 1.46. The third kappa shape index (κ3) is 4.73. The summed E-state index contributed by atoms with van der Waals surface area (Å²) in [6.45, 7) is 2.73. The highest BCUT2D eigenvalue weighted by molar-refractivity contribution is 6.07. The molecule has 0 bridgehead atoms. The zero-order valence-corrected chi connectivity index (χ0v) is 19.8. The van der Waals surface area contributed by atoms with Crippen LogP contribution in [0.4, 0.5) is 0 Å². The Morgan fingerprint density at radius 1 is 1.09 bits per heavy atom. The highest BCUT2D eigenvalue weighted by Crippen LogP contribution is 2.41. The molecule has 1 aliphatic carbocycles. The van der Waals surface area contributed by atoms with Gasteiger partial charge in [-0.1, -0.05) is 18.2 Å². The van der Waals surface area contributed by atoms with Gasteiger partial charge in [-0.05, 0) is 51.1 Å². The van der Waals surface area contributed by atoms with Gasteiger partial charge in [0.25, 0.3) is 5.91 Å². The Labute approximate surface area is 194 Å². The number of carbonyl (C=O) groups is 1. The van der Waals surface area contributed by atoms with Crippen molar-refractivity contribution in [3.8, 4) is 28.5 Å². The molecule has 2 aromatic carbocycles. The summed E-state index contributed by atoms with van der Waals surface area (Å²) in [6.07, 6.45) is 2.48. The average Bonchev–Trinajstić information content (AvgIpc) is 3.70. The van der Waals surface area contributed by atoms with E-state index in [-0.39, 0.29) is 11.9 Å². The monoisotopic (exact) mass is 449 g/mol. The largest absolute Gasteiger partial charge is 0.493 e. The Kier molecular flexibility index (Phi) is 6.70. The van der Waals surface area contributed by atoms with Crippen molar-refractivity contribution in [1.82, 2.24) is 15.2 Å². The number of carbonyl (C=O) groups excluding carboxylic acids is 1. The molecule has 1 fully saturated rings. The molecule has 1 N–H and O–H groups in total. The lowest BCUT2D eigenvalue weighted by molar-refractivity contribution is 0.0941. The van der Waals surface area contributed by atoms with E-state index < -0.39 is 0 Å². The van der Waals surface area contributed by atoms with Gasteiger partial charge in [0.1, 0.15) is 0 Å². The van der Waals surface area contributed by atoms with Crippen LogP contribution in [0.5, 0.6) is 17.2 Å². The summed E-state index contributed by atoms with van der Waals surface area (Å²) in [5, 5.41) is 3.93. The first kappa shape index (κ1) is 22.9. The molecule has 1 aliphatic rings. The van der Waals surface area contributed by atoms with Crippen molar-refractivity contribution < 1.29 is 19.0 Å². The number of ether oxygens (including phenoxy) is 3. The predicted octanol–water partition coefficient (Wildman–Crippen LogP) is 4.14. The van der Waals surface area contributed by atoms with Gasteiger partial charge in [0.05, 0.1) is 38.1 Å². The zero-order chi connectivity index (χ0) is 23.5. The van der Waals surface area contributed by atoms with Crippen molar-refractivity contribution in [2.75, 3.05) is 34.9 Å². The van der Waals surface area contributed by atoms with Crippen molar-refractivity contribution in [3.05, 3.63) is 48.0 Å². The number of methoxy groups -OCH3 is 3. The van der Waals surface area contributed by atoms with Gasteiger partial charge >= 0.3 is 0 Å². The van der Waals surface area contributed by atoms with Crippen LogP contribution in [0.1, 0.15) is 30.1 Å². The SMILES string of the molecule is COc1cc(-c2cc(C(=O)NCC(C)N(C)C3CC3)c3ccccc3n2)cc(OC)c1OC. The van der Waals surface area contributed by atoms with Crippen LogP contribution in [-0.4, -0.2) is 62.8 Å². The van der Waals surface area contributed by atoms with Gasteiger partial charge in [0.2, 0.25) is 5.75 Å². The molecule has 1 amide bonds. The lowest BCUT2D eigenvalue weighted by Crippen LogP contribution is -2.41. The number of rotatable bonds is 9. The normalized spacial score (nSPS) is 14.2. The van der Waals surface area contributed by atoms with Crippen LogP contribution in [0.15, 0.2) is 42.5 Å². The molecular weight excluding hydrogens is 418 g/mol. The number of amides is 1. The molecule has 7 heteroatoms. The summed E-state index contributed by atoms with van der Waals surface area (Å²) < 4.78 is 16.4. The number of benzene rings is 2. The Balaban J connectivity index is 1.71. The summed E-state index contributed by atoms with van der Waals surface area (Å²) in [6, 6.07) is 14.1. The molecule has 1 unspecified atom stereocenters. The van der Waals surface area contributed by atoms with Crippen LogP contribution in [0.25, 0.3) is 22.2 Å². The minimum Gasteiger partial charge on any atom is -0.493 e. The van der Waals surface area contributed by atoms with Crippen molar-refractivity contribution in [3.63, 3.8) is 0 Å². The Morgan fingerprint density at radius 3 is 2.36 bits per heavy atom. The Bertz CT molecular complexity index is 1130. The highest BCUT2D eigenvalue weighted by Gasteiger charge is 2.29. The first-order valence-electron chi connectivity index (χ1n) is 11.2. The number of hydrogen-bond donors (Lipinski definition) is 1. The third-order valence-corrected chi connectivity index (χ3v) is 6.30. The number of hydrogen-bond acceptors (Lipinski definition) is 6. The van der Waals surface area contributed by atoms with E-state index in [9.17, 15) is 4.79 Å². The van der Waals surface area contributed by atoms with Crippen LogP contribution in [-0.2, 0) is 0 Å². The molecule has 174 valence electrons. The molecule has 0 radical (unpaired) electrons. The molecule has 1 saturated carbocycles. The van der Waals surface area contributed by atoms with Crippen LogP contribution in [0, 0.1) is 0 Å². The first-order valence-corrected chi connectivity index (χ1v) is 11.2. The third-order valence-electron chi connectivity index (χ3n) is 6.30. The van der Waals surface area contributed by atoms with Gasteiger partial charge in [0, 0.05) is 29.6 Å².